The van der Waals surface area contributed by atoms with Gasteiger partial charge in [-0.2, -0.15) is 0 Å². The minimum absolute atomic E-state index is 0.246. The van der Waals surface area contributed by atoms with Gasteiger partial charge in [-0.3, -0.25) is 4.79 Å². The maximum absolute atomic E-state index is 13.3. The first kappa shape index (κ1) is 86.0. The molecule has 94 heavy (non-hydrogen) atoms. The van der Waals surface area contributed by atoms with Crippen LogP contribution in [0, 0.1) is 0 Å². The fourth-order valence-corrected chi connectivity index (χ4v) is 12.7. The molecule has 0 bridgehead atoms. The van der Waals surface area contributed by atoms with Crippen molar-refractivity contribution >= 4 is 5.91 Å². The first-order chi connectivity index (χ1) is 45.8. The molecule has 3 saturated heterocycles. The molecule has 0 spiro atoms. The Balaban J connectivity index is 1.23. The van der Waals surface area contributed by atoms with Crippen molar-refractivity contribution in [2.24, 2.45) is 0 Å². The topological polar surface area (TPSA) is 307 Å². The van der Waals surface area contributed by atoms with Gasteiger partial charge in [0.25, 0.3) is 0 Å². The molecule has 19 heteroatoms. The van der Waals surface area contributed by atoms with E-state index >= 15 is 0 Å². The fraction of sp³-hybridized carbons (Fsp3) is 0.880. The first-order valence-electron chi connectivity index (χ1n) is 37.9. The SMILES string of the molecule is CCCCCCC/C=C\C/C=C\C/C=C\CCCCCCCCCCCCCCCCCCCCCCCCCCCCC(=O)NC(COC1OC(CO)C(OC2OC(CO)C(OC3OC(CO)C(O)C(O)C3O)C(O)C2O)C(O)C1O)C(O)/C=C/CCCCCCCC. The summed E-state index contributed by atoms with van der Waals surface area (Å²) in [7, 11) is 0. The lowest BCUT2D eigenvalue weighted by Crippen LogP contribution is -2.66. The molecule has 3 heterocycles. The number of carbonyl (C=O) groups excluding carboxylic acids is 1. The average Bonchev–Trinajstić information content (AvgIpc) is 0.834. The van der Waals surface area contributed by atoms with Crippen molar-refractivity contribution < 1.29 is 89.4 Å². The van der Waals surface area contributed by atoms with Crippen molar-refractivity contribution in [3.63, 3.8) is 0 Å². The number of hydrogen-bond donors (Lipinski definition) is 12. The van der Waals surface area contributed by atoms with Gasteiger partial charge in [-0.05, 0) is 57.8 Å². The van der Waals surface area contributed by atoms with E-state index in [0.29, 0.717) is 6.42 Å². The Labute approximate surface area is 567 Å². The van der Waals surface area contributed by atoms with Crippen molar-refractivity contribution in [3.8, 4) is 0 Å². The molecule has 17 unspecified atom stereocenters. The van der Waals surface area contributed by atoms with E-state index in [2.05, 4.69) is 55.6 Å². The summed E-state index contributed by atoms with van der Waals surface area (Å²) in [5.74, 6) is -0.275. The summed E-state index contributed by atoms with van der Waals surface area (Å²) in [6.45, 7) is 1.67. The van der Waals surface area contributed by atoms with Crippen LogP contribution in [0.3, 0.4) is 0 Å². The summed E-state index contributed by atoms with van der Waals surface area (Å²) in [4.78, 5) is 13.3. The van der Waals surface area contributed by atoms with Gasteiger partial charge in [0.15, 0.2) is 18.9 Å². The van der Waals surface area contributed by atoms with Crippen LogP contribution in [0.5, 0.6) is 0 Å². The van der Waals surface area contributed by atoms with Gasteiger partial charge in [0, 0.05) is 6.42 Å². The van der Waals surface area contributed by atoms with Crippen LogP contribution in [0.2, 0.25) is 0 Å². The molecule has 0 radical (unpaired) electrons. The number of aliphatic hydroxyl groups is 11. The highest BCUT2D eigenvalue weighted by Crippen LogP contribution is 2.33. The Kier molecular flexibility index (Phi) is 51.7. The Morgan fingerprint density at radius 2 is 0.702 bits per heavy atom. The number of ether oxygens (including phenoxy) is 6. The van der Waals surface area contributed by atoms with Crippen LogP contribution >= 0.6 is 0 Å². The summed E-state index contributed by atoms with van der Waals surface area (Å²) in [6.07, 6.45) is 43.2. The Bertz CT molecular complexity index is 1890. The Hall–Kier alpha value is -2.25. The van der Waals surface area contributed by atoms with Gasteiger partial charge in [-0.15, -0.1) is 0 Å². The predicted octanol–water partition coefficient (Wildman–Crippen LogP) is 11.3. The van der Waals surface area contributed by atoms with Crippen LogP contribution in [0.25, 0.3) is 0 Å². The number of hydrogen-bond acceptors (Lipinski definition) is 18. The predicted molar refractivity (Wildman–Crippen MR) is 369 cm³/mol. The number of aliphatic hydroxyl groups excluding tert-OH is 11. The standard InChI is InChI=1S/C75H137NO18/c1-3-5-7-9-11-13-14-15-16-17-18-19-20-21-22-23-24-25-26-27-28-29-30-31-32-33-34-35-36-37-38-39-40-41-42-43-44-45-47-49-51-53-63(81)76-58(59(80)52-50-48-46-12-10-8-6-4-2)57-89-73-69(87)66(84)71(61(55-78)91-73)94-75-70(88)67(85)72(62(56-79)92-75)93-74-68(86)65(83)64(82)60(54-77)90-74/h14-15,17-18,20-21,50,52,58-62,64-75,77-80,82-88H,3-13,16,19,22-49,51,53-57H2,1-2H3,(H,76,81)/b15-14-,18-17-,21-20-,52-50+. The van der Waals surface area contributed by atoms with E-state index in [1.165, 1.54) is 199 Å². The molecule has 0 aliphatic carbocycles. The van der Waals surface area contributed by atoms with Crippen molar-refractivity contribution in [2.45, 2.75) is 394 Å². The largest absolute Gasteiger partial charge is 0.394 e. The summed E-state index contributed by atoms with van der Waals surface area (Å²) in [5.41, 5.74) is 0. The summed E-state index contributed by atoms with van der Waals surface area (Å²) >= 11 is 0. The van der Waals surface area contributed by atoms with Gasteiger partial charge in [0.1, 0.15) is 73.2 Å². The zero-order valence-electron chi connectivity index (χ0n) is 58.4. The summed E-state index contributed by atoms with van der Waals surface area (Å²) in [6, 6.07) is -0.969. The molecule has 3 fully saturated rings. The van der Waals surface area contributed by atoms with E-state index in [9.17, 15) is 61.0 Å². The van der Waals surface area contributed by atoms with E-state index in [4.69, 9.17) is 28.4 Å². The van der Waals surface area contributed by atoms with E-state index in [1.54, 1.807) is 6.08 Å². The third-order valence-electron chi connectivity index (χ3n) is 18.9. The highest BCUT2D eigenvalue weighted by atomic mass is 16.8. The van der Waals surface area contributed by atoms with E-state index in [0.717, 1.165) is 64.2 Å². The zero-order chi connectivity index (χ0) is 68.2. The minimum atomic E-state index is -1.98. The second kappa shape index (κ2) is 56.5. The highest BCUT2D eigenvalue weighted by Gasteiger charge is 2.53. The fourth-order valence-electron chi connectivity index (χ4n) is 12.7. The number of carbonyl (C=O) groups is 1. The van der Waals surface area contributed by atoms with Crippen molar-refractivity contribution in [3.05, 3.63) is 48.6 Å². The lowest BCUT2D eigenvalue weighted by molar-refractivity contribution is -0.379. The highest BCUT2D eigenvalue weighted by molar-refractivity contribution is 5.76. The number of unbranched alkanes of at least 4 members (excludes halogenated alkanes) is 37. The summed E-state index contributed by atoms with van der Waals surface area (Å²) < 4.78 is 34.2. The lowest BCUT2D eigenvalue weighted by atomic mass is 9.96. The van der Waals surface area contributed by atoms with Crippen molar-refractivity contribution in [2.75, 3.05) is 26.4 Å². The van der Waals surface area contributed by atoms with Gasteiger partial charge >= 0.3 is 0 Å². The van der Waals surface area contributed by atoms with E-state index in [-0.39, 0.29) is 18.9 Å². The Morgan fingerprint density at radius 3 is 1.10 bits per heavy atom. The molecular weight excluding hydrogens is 1200 g/mol. The van der Waals surface area contributed by atoms with Gasteiger partial charge in [-0.25, -0.2) is 0 Å². The second-order valence-corrected chi connectivity index (χ2v) is 27.1. The second-order valence-electron chi connectivity index (χ2n) is 27.1. The van der Waals surface area contributed by atoms with Gasteiger partial charge < -0.3 is 89.9 Å². The number of rotatable bonds is 59. The molecule has 3 aliphatic heterocycles. The van der Waals surface area contributed by atoms with Gasteiger partial charge in [0.2, 0.25) is 5.91 Å². The minimum Gasteiger partial charge on any atom is -0.394 e. The van der Waals surface area contributed by atoms with Crippen LogP contribution in [0.4, 0.5) is 0 Å². The van der Waals surface area contributed by atoms with Crippen molar-refractivity contribution in [1.29, 1.82) is 0 Å². The zero-order valence-corrected chi connectivity index (χ0v) is 58.4. The molecule has 12 N–H and O–H groups in total. The molecule has 550 valence electrons. The first-order valence-corrected chi connectivity index (χ1v) is 37.9. The van der Waals surface area contributed by atoms with Crippen LogP contribution in [0.15, 0.2) is 48.6 Å². The normalized spacial score (nSPS) is 27.6. The monoisotopic (exact) mass is 1340 g/mol. The molecule has 0 aromatic rings. The van der Waals surface area contributed by atoms with Crippen LogP contribution in [-0.4, -0.2) is 193 Å². The third-order valence-corrected chi connectivity index (χ3v) is 18.9. The maximum Gasteiger partial charge on any atom is 0.220 e. The average molecular weight is 1340 g/mol. The van der Waals surface area contributed by atoms with Crippen LogP contribution in [-0.2, 0) is 33.2 Å². The molecule has 1 amide bonds. The number of allylic oxidation sites excluding steroid dienone is 7. The van der Waals surface area contributed by atoms with Crippen molar-refractivity contribution in [1.82, 2.24) is 5.32 Å². The molecule has 0 aromatic carbocycles. The van der Waals surface area contributed by atoms with Gasteiger partial charge in [-0.1, -0.05) is 274 Å². The molecule has 3 rings (SSSR count). The van der Waals surface area contributed by atoms with E-state index in [1.807, 2.05) is 6.08 Å². The molecular formula is C75H137NO18. The van der Waals surface area contributed by atoms with E-state index < -0.39 is 124 Å². The lowest BCUT2D eigenvalue weighted by Gasteiger charge is -2.48. The maximum atomic E-state index is 13.3. The molecule has 0 saturated carbocycles. The quantitative estimate of drug-likeness (QED) is 0.0199. The van der Waals surface area contributed by atoms with Crippen LogP contribution < -0.4 is 5.32 Å². The number of nitrogens with one attached hydrogen (secondary N) is 1. The molecule has 0 aromatic heterocycles. The molecule has 3 aliphatic rings. The molecule has 17 atom stereocenters. The number of amides is 1. The smallest absolute Gasteiger partial charge is 0.220 e. The van der Waals surface area contributed by atoms with Gasteiger partial charge in [0.05, 0.1) is 38.6 Å². The third kappa shape index (κ3) is 37.3. The van der Waals surface area contributed by atoms with Crippen LogP contribution in [0.1, 0.15) is 290 Å². The Morgan fingerprint density at radius 1 is 0.383 bits per heavy atom. The molecule has 19 nitrogen and oxygen atoms in total. The summed E-state index contributed by atoms with van der Waals surface area (Å²) in [5, 5.41) is 120.